The summed E-state index contributed by atoms with van der Waals surface area (Å²) in [4.78, 5) is 6.67. The highest BCUT2D eigenvalue weighted by Gasteiger charge is 2.20. The monoisotopic (exact) mass is 261 g/mol. The summed E-state index contributed by atoms with van der Waals surface area (Å²) in [6.07, 6.45) is 2.97. The van der Waals surface area contributed by atoms with E-state index in [2.05, 4.69) is 27.3 Å². The summed E-state index contributed by atoms with van der Waals surface area (Å²) in [5, 5.41) is 4.53. The Hall–Kier alpha value is -1.32. The number of halogens is 1. The molecule has 4 heteroatoms. The second-order valence-corrected chi connectivity index (χ2v) is 5.04. The zero-order valence-corrected chi connectivity index (χ0v) is 10.9. The Morgan fingerprint density at radius 1 is 1.28 bits per heavy atom. The predicted octanol–water partition coefficient (Wildman–Crippen LogP) is 2.60. The van der Waals surface area contributed by atoms with E-state index >= 15 is 0 Å². The number of alkyl halides is 1. The smallest absolute Gasteiger partial charge is 0.116 e. The van der Waals surface area contributed by atoms with E-state index in [0.29, 0.717) is 0 Å². The summed E-state index contributed by atoms with van der Waals surface area (Å²) in [6, 6.07) is 10.3. The lowest BCUT2D eigenvalue weighted by molar-refractivity contribution is 0.706. The van der Waals surface area contributed by atoms with Crippen LogP contribution in [0, 0.1) is 0 Å². The van der Waals surface area contributed by atoms with Gasteiger partial charge < -0.3 is 10.2 Å². The van der Waals surface area contributed by atoms with Gasteiger partial charge in [-0.2, -0.15) is 0 Å². The number of para-hydroxylation sites is 1. The number of hydrogen-bond acceptors (Lipinski definition) is 3. The topological polar surface area (TPSA) is 28.2 Å². The van der Waals surface area contributed by atoms with Crippen molar-refractivity contribution in [2.75, 3.05) is 24.5 Å². The largest absolute Gasteiger partial charge is 0.353 e. The van der Waals surface area contributed by atoms with Crippen LogP contribution >= 0.6 is 11.6 Å². The lowest BCUT2D eigenvalue weighted by atomic mass is 10.1. The molecular formula is C14H16ClN3. The molecule has 0 radical (unpaired) electrons. The molecular weight excluding hydrogens is 246 g/mol. The van der Waals surface area contributed by atoms with Gasteiger partial charge in [-0.05, 0) is 25.1 Å². The van der Waals surface area contributed by atoms with Crippen LogP contribution in [0.5, 0.6) is 0 Å². The Labute approximate surface area is 112 Å². The van der Waals surface area contributed by atoms with Crippen LogP contribution in [-0.4, -0.2) is 30.1 Å². The molecule has 1 atom stereocenters. The molecule has 1 aromatic heterocycles. The molecule has 3 rings (SSSR count). The first-order chi connectivity index (χ1) is 8.86. The molecule has 1 N–H and O–H groups in total. The van der Waals surface area contributed by atoms with Gasteiger partial charge in [-0.3, -0.25) is 4.98 Å². The number of pyridine rings is 1. The van der Waals surface area contributed by atoms with Crippen LogP contribution in [0.15, 0.2) is 36.5 Å². The van der Waals surface area contributed by atoms with Gasteiger partial charge in [0.1, 0.15) is 5.50 Å². The lowest BCUT2D eigenvalue weighted by Crippen LogP contribution is -2.35. The van der Waals surface area contributed by atoms with Crippen molar-refractivity contribution in [1.29, 1.82) is 0 Å². The third-order valence-corrected chi connectivity index (χ3v) is 3.73. The summed E-state index contributed by atoms with van der Waals surface area (Å²) < 4.78 is 0. The van der Waals surface area contributed by atoms with Crippen molar-refractivity contribution in [1.82, 2.24) is 10.3 Å². The average molecular weight is 262 g/mol. The van der Waals surface area contributed by atoms with Crippen LogP contribution in [0.2, 0.25) is 0 Å². The minimum Gasteiger partial charge on any atom is -0.353 e. The van der Waals surface area contributed by atoms with Gasteiger partial charge in [0.05, 0.1) is 5.52 Å². The fraction of sp³-hybridized carbons (Fsp3) is 0.357. The fourth-order valence-electron chi connectivity index (χ4n) is 2.45. The molecule has 18 heavy (non-hydrogen) atoms. The third kappa shape index (κ3) is 2.16. The highest BCUT2D eigenvalue weighted by Crippen LogP contribution is 2.28. The Morgan fingerprint density at radius 3 is 3.11 bits per heavy atom. The molecule has 2 aromatic rings. The third-order valence-electron chi connectivity index (χ3n) is 3.34. The maximum atomic E-state index is 6.47. The van der Waals surface area contributed by atoms with Crippen LogP contribution in [-0.2, 0) is 0 Å². The molecule has 1 unspecified atom stereocenters. The molecule has 1 aliphatic rings. The van der Waals surface area contributed by atoms with Crippen LogP contribution in [0.1, 0.15) is 6.42 Å². The number of nitrogens with zero attached hydrogens (tertiary/aromatic N) is 2. The Kier molecular flexibility index (Phi) is 3.35. The maximum absolute atomic E-state index is 6.47. The molecule has 0 aliphatic carbocycles. The van der Waals surface area contributed by atoms with Crippen molar-refractivity contribution < 1.29 is 0 Å². The molecule has 94 valence electrons. The van der Waals surface area contributed by atoms with E-state index in [0.717, 1.165) is 31.6 Å². The molecule has 1 fully saturated rings. The zero-order valence-electron chi connectivity index (χ0n) is 10.1. The fourth-order valence-corrected chi connectivity index (χ4v) is 2.76. The van der Waals surface area contributed by atoms with E-state index < -0.39 is 0 Å². The number of hydrogen-bond donors (Lipinski definition) is 1. The number of anilines is 1. The Morgan fingerprint density at radius 2 is 2.17 bits per heavy atom. The van der Waals surface area contributed by atoms with Crippen molar-refractivity contribution in [3.05, 3.63) is 36.5 Å². The number of nitrogens with one attached hydrogen (secondary N) is 1. The Balaban J connectivity index is 2.07. The minimum absolute atomic E-state index is 0.00157. The van der Waals surface area contributed by atoms with E-state index in [9.17, 15) is 0 Å². The highest BCUT2D eigenvalue weighted by atomic mass is 35.5. The van der Waals surface area contributed by atoms with E-state index in [1.54, 1.807) is 0 Å². The van der Waals surface area contributed by atoms with Gasteiger partial charge >= 0.3 is 0 Å². The molecule has 1 aromatic carbocycles. The summed E-state index contributed by atoms with van der Waals surface area (Å²) in [6.45, 7) is 2.83. The van der Waals surface area contributed by atoms with E-state index in [-0.39, 0.29) is 5.50 Å². The zero-order chi connectivity index (χ0) is 12.4. The van der Waals surface area contributed by atoms with Crippen molar-refractivity contribution in [3.63, 3.8) is 0 Å². The number of fused-ring (bicyclic) bond motifs is 1. The molecule has 2 heterocycles. The number of benzene rings is 1. The summed E-state index contributed by atoms with van der Waals surface area (Å²) in [5.74, 6) is 0. The predicted molar refractivity (Wildman–Crippen MR) is 76.2 cm³/mol. The van der Waals surface area contributed by atoms with Crippen molar-refractivity contribution >= 4 is 28.2 Å². The van der Waals surface area contributed by atoms with Crippen LogP contribution in [0.4, 0.5) is 5.69 Å². The first kappa shape index (κ1) is 11.8. The van der Waals surface area contributed by atoms with Crippen LogP contribution in [0.3, 0.4) is 0 Å². The van der Waals surface area contributed by atoms with Crippen LogP contribution < -0.4 is 10.2 Å². The van der Waals surface area contributed by atoms with Crippen molar-refractivity contribution in [2.24, 2.45) is 0 Å². The molecule has 0 bridgehead atoms. The van der Waals surface area contributed by atoms with Gasteiger partial charge in [0.15, 0.2) is 0 Å². The SMILES string of the molecule is ClC1CNCCCN1c1ccnc2ccccc12. The van der Waals surface area contributed by atoms with E-state index in [1.807, 2.05) is 24.4 Å². The Bertz CT molecular complexity index is 538. The lowest BCUT2D eigenvalue weighted by Gasteiger charge is -2.28. The van der Waals surface area contributed by atoms with Gasteiger partial charge in [0.25, 0.3) is 0 Å². The quantitative estimate of drug-likeness (QED) is 0.632. The van der Waals surface area contributed by atoms with E-state index in [4.69, 9.17) is 11.6 Å². The maximum Gasteiger partial charge on any atom is 0.116 e. The highest BCUT2D eigenvalue weighted by molar-refractivity contribution is 6.22. The van der Waals surface area contributed by atoms with Gasteiger partial charge in [-0.25, -0.2) is 0 Å². The summed E-state index contributed by atoms with van der Waals surface area (Å²) in [7, 11) is 0. The van der Waals surface area contributed by atoms with Gasteiger partial charge in [-0.1, -0.05) is 29.8 Å². The van der Waals surface area contributed by atoms with Gasteiger partial charge in [0, 0.05) is 30.4 Å². The molecule has 1 saturated heterocycles. The van der Waals surface area contributed by atoms with E-state index in [1.165, 1.54) is 11.1 Å². The second kappa shape index (κ2) is 5.12. The molecule has 0 spiro atoms. The first-order valence-electron chi connectivity index (χ1n) is 6.31. The van der Waals surface area contributed by atoms with Crippen LogP contribution in [0.25, 0.3) is 10.9 Å². The van der Waals surface area contributed by atoms with Crippen molar-refractivity contribution in [2.45, 2.75) is 11.9 Å². The molecule has 0 amide bonds. The standard InChI is InChI=1S/C14H16ClN3/c15-14-10-16-7-3-9-18(14)13-6-8-17-12-5-2-1-4-11(12)13/h1-2,4-6,8,14,16H,3,7,9-10H2. The molecule has 3 nitrogen and oxygen atoms in total. The second-order valence-electron chi connectivity index (χ2n) is 4.53. The summed E-state index contributed by atoms with van der Waals surface area (Å²) >= 11 is 6.47. The summed E-state index contributed by atoms with van der Waals surface area (Å²) in [5.41, 5.74) is 2.21. The van der Waals surface area contributed by atoms with Crippen molar-refractivity contribution in [3.8, 4) is 0 Å². The van der Waals surface area contributed by atoms with Gasteiger partial charge in [0.2, 0.25) is 0 Å². The average Bonchev–Trinajstić information content (AvgIpc) is 2.63. The first-order valence-corrected chi connectivity index (χ1v) is 6.75. The molecule has 0 saturated carbocycles. The molecule has 1 aliphatic heterocycles. The minimum atomic E-state index is -0.00157. The number of aromatic nitrogens is 1. The number of rotatable bonds is 1. The van der Waals surface area contributed by atoms with Gasteiger partial charge in [-0.15, -0.1) is 0 Å². The normalized spacial score (nSPS) is 20.9.